The number of nitrogen functional groups attached to an aromatic ring is 1. The summed E-state index contributed by atoms with van der Waals surface area (Å²) in [7, 11) is 0. The lowest BCUT2D eigenvalue weighted by Crippen LogP contribution is -2.37. The van der Waals surface area contributed by atoms with Crippen LogP contribution in [-0.4, -0.2) is 22.4 Å². The van der Waals surface area contributed by atoms with Crippen LogP contribution in [0.25, 0.3) is 0 Å². The number of carbonyl (C=O) groups excluding carboxylic acids is 1. The van der Waals surface area contributed by atoms with Crippen LogP contribution in [0.4, 0.5) is 11.8 Å². The molecule has 0 unspecified atom stereocenters. The maximum atomic E-state index is 11.1. The Bertz CT molecular complexity index is 407. The fraction of sp³-hybridized carbons (Fsp3) is 0.444. The lowest BCUT2D eigenvalue weighted by atomic mass is 9.93. The van der Waals surface area contributed by atoms with Crippen molar-refractivity contribution in [3.05, 3.63) is 10.7 Å². The second-order valence-electron chi connectivity index (χ2n) is 4.03. The topological polar surface area (TPSA) is 107 Å². The van der Waals surface area contributed by atoms with Crippen molar-refractivity contribution in [2.75, 3.05) is 17.6 Å². The van der Waals surface area contributed by atoms with Crippen LogP contribution >= 0.6 is 15.9 Å². The highest BCUT2D eigenvalue weighted by Crippen LogP contribution is 2.21. The Morgan fingerprint density at radius 1 is 1.62 bits per heavy atom. The molecule has 16 heavy (non-hydrogen) atoms. The molecule has 0 saturated carbocycles. The molecular weight excluding hydrogens is 274 g/mol. The van der Waals surface area contributed by atoms with E-state index in [1.54, 1.807) is 20.0 Å². The van der Waals surface area contributed by atoms with Crippen molar-refractivity contribution in [3.63, 3.8) is 0 Å². The van der Waals surface area contributed by atoms with Crippen LogP contribution in [0.3, 0.4) is 0 Å². The van der Waals surface area contributed by atoms with Gasteiger partial charge in [0, 0.05) is 12.7 Å². The Labute approximate surface area is 102 Å². The summed E-state index contributed by atoms with van der Waals surface area (Å²) in [5, 5.41) is 3.00. The Balaban J connectivity index is 2.75. The molecule has 0 aliphatic rings. The van der Waals surface area contributed by atoms with Crippen molar-refractivity contribution in [1.82, 2.24) is 9.97 Å². The van der Waals surface area contributed by atoms with E-state index in [2.05, 4.69) is 31.2 Å². The molecule has 6 nitrogen and oxygen atoms in total. The fourth-order valence-corrected chi connectivity index (χ4v) is 1.23. The largest absolute Gasteiger partial charge is 0.369 e. The zero-order chi connectivity index (χ0) is 12.3. The molecule has 0 fully saturated rings. The zero-order valence-corrected chi connectivity index (χ0v) is 10.7. The number of hydrogen-bond acceptors (Lipinski definition) is 5. The Hall–Kier alpha value is -1.37. The molecule has 1 rings (SSSR count). The quantitative estimate of drug-likeness (QED) is 0.757. The minimum Gasteiger partial charge on any atom is -0.369 e. The predicted molar refractivity (Wildman–Crippen MR) is 65.6 cm³/mol. The van der Waals surface area contributed by atoms with Crippen molar-refractivity contribution in [3.8, 4) is 0 Å². The standard InChI is InChI=1S/C9H14BrN5O/c1-9(2,7(11)16)4-14-6-5(10)3-13-8(12)15-6/h3H,4H2,1-2H3,(H2,11,16)(H3,12,13,14,15). The first kappa shape index (κ1) is 12.7. The van der Waals surface area contributed by atoms with E-state index in [0.717, 1.165) is 0 Å². The molecule has 1 aromatic heterocycles. The summed E-state index contributed by atoms with van der Waals surface area (Å²) in [4.78, 5) is 18.9. The van der Waals surface area contributed by atoms with E-state index >= 15 is 0 Å². The summed E-state index contributed by atoms with van der Waals surface area (Å²) >= 11 is 3.28. The van der Waals surface area contributed by atoms with Gasteiger partial charge in [0.15, 0.2) is 0 Å². The van der Waals surface area contributed by atoms with Gasteiger partial charge in [-0.1, -0.05) is 0 Å². The summed E-state index contributed by atoms with van der Waals surface area (Å²) in [6.45, 7) is 3.87. The maximum Gasteiger partial charge on any atom is 0.224 e. The summed E-state index contributed by atoms with van der Waals surface area (Å²) in [5.74, 6) is 0.336. The predicted octanol–water partition coefficient (Wildman–Crippen LogP) is 0.745. The average Bonchev–Trinajstić information content (AvgIpc) is 2.19. The molecule has 5 N–H and O–H groups in total. The van der Waals surface area contributed by atoms with Gasteiger partial charge in [-0.25, -0.2) is 4.98 Å². The molecule has 1 amide bonds. The van der Waals surface area contributed by atoms with Gasteiger partial charge in [-0.3, -0.25) is 4.79 Å². The third kappa shape index (κ3) is 3.06. The number of amides is 1. The van der Waals surface area contributed by atoms with Crippen molar-refractivity contribution in [1.29, 1.82) is 0 Å². The number of rotatable bonds is 4. The Kier molecular flexibility index (Phi) is 3.69. The first-order valence-electron chi connectivity index (χ1n) is 4.65. The van der Waals surface area contributed by atoms with Crippen LogP contribution < -0.4 is 16.8 Å². The van der Waals surface area contributed by atoms with Gasteiger partial charge in [0.05, 0.1) is 9.89 Å². The molecule has 7 heteroatoms. The van der Waals surface area contributed by atoms with Crippen LogP contribution in [0.2, 0.25) is 0 Å². The summed E-state index contributed by atoms with van der Waals surface area (Å²) in [6, 6.07) is 0. The smallest absolute Gasteiger partial charge is 0.224 e. The molecule has 0 radical (unpaired) electrons. The van der Waals surface area contributed by atoms with Crippen LogP contribution in [0.5, 0.6) is 0 Å². The molecule has 1 heterocycles. The van der Waals surface area contributed by atoms with Gasteiger partial charge >= 0.3 is 0 Å². The first-order chi connectivity index (χ1) is 7.33. The number of halogens is 1. The van der Waals surface area contributed by atoms with Gasteiger partial charge in [-0.15, -0.1) is 0 Å². The Morgan fingerprint density at radius 2 is 2.25 bits per heavy atom. The molecule has 0 aromatic carbocycles. The summed E-state index contributed by atoms with van der Waals surface area (Å²) in [5.41, 5.74) is 10.1. The highest BCUT2D eigenvalue weighted by molar-refractivity contribution is 9.10. The minimum atomic E-state index is -0.654. The number of nitrogens with one attached hydrogen (secondary N) is 1. The number of anilines is 2. The SMILES string of the molecule is CC(C)(CNc1nc(N)ncc1Br)C(N)=O. The van der Waals surface area contributed by atoms with Crippen LogP contribution in [-0.2, 0) is 4.79 Å². The molecule has 0 spiro atoms. The molecule has 88 valence electrons. The molecule has 1 aromatic rings. The van der Waals surface area contributed by atoms with E-state index in [1.165, 1.54) is 0 Å². The molecule has 0 aliphatic carbocycles. The van der Waals surface area contributed by atoms with Crippen LogP contribution in [0.1, 0.15) is 13.8 Å². The van der Waals surface area contributed by atoms with E-state index in [4.69, 9.17) is 11.5 Å². The van der Waals surface area contributed by atoms with Crippen molar-refractivity contribution in [2.24, 2.45) is 11.1 Å². The van der Waals surface area contributed by atoms with E-state index in [-0.39, 0.29) is 11.9 Å². The number of carbonyl (C=O) groups is 1. The van der Waals surface area contributed by atoms with Crippen molar-refractivity contribution < 1.29 is 4.79 Å². The number of aromatic nitrogens is 2. The Morgan fingerprint density at radius 3 is 2.81 bits per heavy atom. The van der Waals surface area contributed by atoms with Crippen molar-refractivity contribution >= 4 is 33.6 Å². The second kappa shape index (κ2) is 4.65. The minimum absolute atomic E-state index is 0.169. The molecule has 0 saturated heterocycles. The molecule has 0 atom stereocenters. The van der Waals surface area contributed by atoms with Gasteiger partial charge in [0.2, 0.25) is 11.9 Å². The lowest BCUT2D eigenvalue weighted by Gasteiger charge is -2.21. The van der Waals surface area contributed by atoms with E-state index in [1.807, 2.05) is 0 Å². The van der Waals surface area contributed by atoms with Crippen molar-refractivity contribution in [2.45, 2.75) is 13.8 Å². The van der Waals surface area contributed by atoms with Gasteiger partial charge in [0.1, 0.15) is 5.82 Å². The highest BCUT2D eigenvalue weighted by atomic mass is 79.9. The number of nitrogens with two attached hydrogens (primary N) is 2. The lowest BCUT2D eigenvalue weighted by molar-refractivity contribution is -0.125. The number of nitrogens with zero attached hydrogens (tertiary/aromatic N) is 2. The first-order valence-corrected chi connectivity index (χ1v) is 5.44. The fourth-order valence-electron chi connectivity index (χ4n) is 0.897. The third-order valence-corrected chi connectivity index (χ3v) is 2.71. The normalized spacial score (nSPS) is 11.2. The van der Waals surface area contributed by atoms with Gasteiger partial charge in [-0.2, -0.15) is 4.98 Å². The second-order valence-corrected chi connectivity index (χ2v) is 4.88. The number of primary amides is 1. The van der Waals surface area contributed by atoms with E-state index in [9.17, 15) is 4.79 Å². The monoisotopic (exact) mass is 287 g/mol. The van der Waals surface area contributed by atoms with Crippen LogP contribution in [0.15, 0.2) is 10.7 Å². The summed E-state index contributed by atoms with van der Waals surface area (Å²) < 4.78 is 0.682. The average molecular weight is 288 g/mol. The molecular formula is C9H14BrN5O. The summed E-state index contributed by atoms with van der Waals surface area (Å²) in [6.07, 6.45) is 1.54. The third-order valence-electron chi connectivity index (χ3n) is 2.13. The van der Waals surface area contributed by atoms with Gasteiger partial charge in [0.25, 0.3) is 0 Å². The van der Waals surface area contributed by atoms with Crippen LogP contribution in [0, 0.1) is 5.41 Å². The van der Waals surface area contributed by atoms with E-state index in [0.29, 0.717) is 16.8 Å². The van der Waals surface area contributed by atoms with Gasteiger partial charge < -0.3 is 16.8 Å². The number of hydrogen-bond donors (Lipinski definition) is 3. The zero-order valence-electron chi connectivity index (χ0n) is 9.12. The highest BCUT2D eigenvalue weighted by Gasteiger charge is 2.25. The van der Waals surface area contributed by atoms with Gasteiger partial charge in [-0.05, 0) is 29.8 Å². The molecule has 0 bridgehead atoms. The maximum absolute atomic E-state index is 11.1. The molecule has 0 aliphatic heterocycles. The van der Waals surface area contributed by atoms with E-state index < -0.39 is 5.41 Å².